The van der Waals surface area contributed by atoms with Crippen molar-refractivity contribution < 1.29 is 9.90 Å². The zero-order valence-electron chi connectivity index (χ0n) is 6.77. The fraction of sp³-hybridized carbons (Fsp3) is 0.250. The van der Waals surface area contributed by atoms with E-state index in [2.05, 4.69) is 27.6 Å². The Morgan fingerprint density at radius 1 is 1.69 bits per heavy atom. The predicted octanol–water partition coefficient (Wildman–Crippen LogP) is 1.16. The van der Waals surface area contributed by atoms with Crippen molar-refractivity contribution in [2.24, 2.45) is 5.73 Å². The summed E-state index contributed by atoms with van der Waals surface area (Å²) in [5, 5.41) is 8.50. The fourth-order valence-electron chi connectivity index (χ4n) is 0.923. The summed E-state index contributed by atoms with van der Waals surface area (Å²) in [6, 6.07) is 4.85. The van der Waals surface area contributed by atoms with Crippen LogP contribution in [0.1, 0.15) is 18.2 Å². The van der Waals surface area contributed by atoms with Crippen LogP contribution in [0.4, 0.5) is 0 Å². The van der Waals surface area contributed by atoms with Gasteiger partial charge in [-0.05, 0) is 34.7 Å². The Morgan fingerprint density at radius 3 is 2.92 bits per heavy atom. The van der Waals surface area contributed by atoms with E-state index in [-0.39, 0.29) is 6.42 Å². The smallest absolute Gasteiger partial charge is 0.305 e. The molecule has 0 aliphatic rings. The summed E-state index contributed by atoms with van der Waals surface area (Å²) < 4.78 is 0.816. The van der Waals surface area contributed by atoms with Gasteiger partial charge in [0.15, 0.2) is 0 Å². The third-order valence-electron chi connectivity index (χ3n) is 1.51. The molecule has 0 radical (unpaired) electrons. The zero-order chi connectivity index (χ0) is 9.84. The number of hydrogen-bond donors (Lipinski definition) is 2. The van der Waals surface area contributed by atoms with E-state index in [0.717, 1.165) is 3.70 Å². The van der Waals surface area contributed by atoms with Crippen LogP contribution < -0.4 is 5.73 Å². The summed E-state index contributed by atoms with van der Waals surface area (Å²) in [6.45, 7) is 0. The maximum Gasteiger partial charge on any atom is 0.305 e. The van der Waals surface area contributed by atoms with E-state index in [1.165, 1.54) is 0 Å². The van der Waals surface area contributed by atoms with E-state index in [1.807, 2.05) is 12.1 Å². The van der Waals surface area contributed by atoms with Crippen molar-refractivity contribution in [3.8, 4) is 0 Å². The number of carbonyl (C=O) groups is 1. The van der Waals surface area contributed by atoms with Gasteiger partial charge >= 0.3 is 5.97 Å². The minimum absolute atomic E-state index is 0.0902. The molecular formula is C8H9IN2O2. The minimum Gasteiger partial charge on any atom is -0.481 e. The second-order valence-electron chi connectivity index (χ2n) is 2.59. The molecule has 1 aromatic heterocycles. The molecule has 4 nitrogen and oxygen atoms in total. The van der Waals surface area contributed by atoms with Gasteiger partial charge in [0.25, 0.3) is 0 Å². The molecule has 1 aromatic rings. The second-order valence-corrected chi connectivity index (χ2v) is 3.69. The Hall–Kier alpha value is -0.690. The van der Waals surface area contributed by atoms with Gasteiger partial charge in [0, 0.05) is 0 Å². The number of rotatable bonds is 3. The van der Waals surface area contributed by atoms with Gasteiger partial charge in [0.2, 0.25) is 0 Å². The van der Waals surface area contributed by atoms with Crippen LogP contribution in [0.3, 0.4) is 0 Å². The first-order chi connectivity index (χ1) is 6.09. The maximum absolute atomic E-state index is 10.4. The molecule has 0 aliphatic carbocycles. The Bertz CT molecular complexity index is 317. The normalized spacial score (nSPS) is 12.5. The molecule has 3 N–H and O–H groups in total. The van der Waals surface area contributed by atoms with E-state index in [0.29, 0.717) is 5.69 Å². The summed E-state index contributed by atoms with van der Waals surface area (Å²) in [7, 11) is 0. The molecule has 5 heteroatoms. The molecular weight excluding hydrogens is 283 g/mol. The van der Waals surface area contributed by atoms with Gasteiger partial charge in [-0.1, -0.05) is 6.07 Å². The number of carboxylic acid groups (broad SMARTS) is 1. The summed E-state index contributed by atoms with van der Waals surface area (Å²) in [5.74, 6) is -0.909. The number of carboxylic acids is 1. The number of aliphatic carboxylic acids is 1. The van der Waals surface area contributed by atoms with Crippen molar-refractivity contribution in [2.45, 2.75) is 12.5 Å². The number of halogens is 1. The van der Waals surface area contributed by atoms with Crippen LogP contribution in [0, 0.1) is 3.70 Å². The Kier molecular flexibility index (Phi) is 3.61. The lowest BCUT2D eigenvalue weighted by Crippen LogP contribution is -2.16. The molecule has 0 unspecified atom stereocenters. The van der Waals surface area contributed by atoms with Crippen LogP contribution in [0.15, 0.2) is 18.2 Å². The molecule has 0 spiro atoms. The highest BCUT2D eigenvalue weighted by atomic mass is 127. The van der Waals surface area contributed by atoms with Crippen molar-refractivity contribution in [1.82, 2.24) is 4.98 Å². The second kappa shape index (κ2) is 4.52. The molecule has 0 bridgehead atoms. The fourth-order valence-corrected chi connectivity index (χ4v) is 1.41. The minimum atomic E-state index is -0.909. The quantitative estimate of drug-likeness (QED) is 0.647. The number of hydrogen-bond acceptors (Lipinski definition) is 3. The largest absolute Gasteiger partial charge is 0.481 e. The van der Waals surface area contributed by atoms with Crippen LogP contribution >= 0.6 is 22.6 Å². The van der Waals surface area contributed by atoms with Crippen molar-refractivity contribution in [2.75, 3.05) is 0 Å². The van der Waals surface area contributed by atoms with Crippen LogP contribution in [0.5, 0.6) is 0 Å². The number of pyridine rings is 1. The van der Waals surface area contributed by atoms with E-state index in [9.17, 15) is 4.79 Å². The average Bonchev–Trinajstić information content (AvgIpc) is 2.03. The first kappa shape index (κ1) is 10.4. The topological polar surface area (TPSA) is 76.2 Å². The first-order valence-corrected chi connectivity index (χ1v) is 4.77. The molecule has 0 fully saturated rings. The number of nitrogens with zero attached hydrogens (tertiary/aromatic N) is 1. The van der Waals surface area contributed by atoms with E-state index < -0.39 is 12.0 Å². The number of nitrogens with two attached hydrogens (primary N) is 1. The highest BCUT2D eigenvalue weighted by Gasteiger charge is 2.11. The summed E-state index contributed by atoms with van der Waals surface area (Å²) in [4.78, 5) is 14.5. The predicted molar refractivity (Wildman–Crippen MR) is 56.1 cm³/mol. The highest BCUT2D eigenvalue weighted by Crippen LogP contribution is 2.12. The van der Waals surface area contributed by atoms with E-state index >= 15 is 0 Å². The summed E-state index contributed by atoms with van der Waals surface area (Å²) >= 11 is 2.06. The lowest BCUT2D eigenvalue weighted by atomic mass is 10.1. The molecule has 13 heavy (non-hydrogen) atoms. The molecule has 1 atom stereocenters. The van der Waals surface area contributed by atoms with Gasteiger partial charge < -0.3 is 10.8 Å². The van der Waals surface area contributed by atoms with Gasteiger partial charge in [-0.2, -0.15) is 0 Å². The van der Waals surface area contributed by atoms with Crippen LogP contribution in [0.2, 0.25) is 0 Å². The molecule has 0 aromatic carbocycles. The first-order valence-electron chi connectivity index (χ1n) is 3.69. The van der Waals surface area contributed by atoms with Crippen LogP contribution in [0.25, 0.3) is 0 Å². The summed E-state index contributed by atoms with van der Waals surface area (Å²) in [6.07, 6.45) is -0.0902. The van der Waals surface area contributed by atoms with Gasteiger partial charge in [0.1, 0.15) is 3.70 Å². The molecule has 0 amide bonds. The standard InChI is InChI=1S/C8H9IN2O2/c9-7-3-1-2-6(11-7)5(10)4-8(12)13/h1-3,5H,4,10H2,(H,12,13)/t5-/m0/s1. The Labute approximate surface area is 89.3 Å². The molecule has 1 heterocycles. The van der Waals surface area contributed by atoms with Gasteiger partial charge in [-0.25, -0.2) is 4.98 Å². The van der Waals surface area contributed by atoms with Crippen LogP contribution in [-0.2, 0) is 4.79 Å². The Balaban J connectivity index is 2.76. The van der Waals surface area contributed by atoms with Crippen molar-refractivity contribution in [1.29, 1.82) is 0 Å². The average molecular weight is 292 g/mol. The molecule has 70 valence electrons. The van der Waals surface area contributed by atoms with Crippen molar-refractivity contribution in [3.63, 3.8) is 0 Å². The van der Waals surface area contributed by atoms with E-state index in [1.54, 1.807) is 6.07 Å². The monoisotopic (exact) mass is 292 g/mol. The van der Waals surface area contributed by atoms with Gasteiger partial charge in [0.05, 0.1) is 18.2 Å². The van der Waals surface area contributed by atoms with Gasteiger partial charge in [-0.15, -0.1) is 0 Å². The van der Waals surface area contributed by atoms with Gasteiger partial charge in [-0.3, -0.25) is 4.79 Å². The third-order valence-corrected chi connectivity index (χ3v) is 2.11. The third kappa shape index (κ3) is 3.27. The zero-order valence-corrected chi connectivity index (χ0v) is 8.93. The highest BCUT2D eigenvalue weighted by molar-refractivity contribution is 14.1. The lowest BCUT2D eigenvalue weighted by Gasteiger charge is -2.07. The van der Waals surface area contributed by atoms with E-state index in [4.69, 9.17) is 10.8 Å². The van der Waals surface area contributed by atoms with Crippen molar-refractivity contribution >= 4 is 28.6 Å². The van der Waals surface area contributed by atoms with Crippen LogP contribution in [-0.4, -0.2) is 16.1 Å². The Morgan fingerprint density at radius 2 is 2.38 bits per heavy atom. The van der Waals surface area contributed by atoms with Crippen molar-refractivity contribution in [3.05, 3.63) is 27.6 Å². The maximum atomic E-state index is 10.4. The summed E-state index contributed by atoms with van der Waals surface area (Å²) in [5.41, 5.74) is 6.24. The lowest BCUT2D eigenvalue weighted by molar-refractivity contribution is -0.137. The molecule has 0 saturated carbocycles. The molecule has 0 saturated heterocycles. The SMILES string of the molecule is N[C@@H](CC(=O)O)c1cccc(I)n1. The number of aromatic nitrogens is 1. The molecule has 0 aliphatic heterocycles. The molecule has 1 rings (SSSR count).